The van der Waals surface area contributed by atoms with E-state index in [0.29, 0.717) is 31.8 Å². The summed E-state index contributed by atoms with van der Waals surface area (Å²) in [6.45, 7) is 7.15. The summed E-state index contributed by atoms with van der Waals surface area (Å²) in [6.07, 6.45) is 7.01. The van der Waals surface area contributed by atoms with Crippen molar-refractivity contribution in [3.05, 3.63) is 72.3 Å². The molecule has 4 heterocycles. The fourth-order valence-corrected chi connectivity index (χ4v) is 7.47. The predicted octanol–water partition coefficient (Wildman–Crippen LogP) is 6.16. The van der Waals surface area contributed by atoms with Gasteiger partial charge < -0.3 is 29.6 Å². The number of methoxy groups -OCH3 is 2. The van der Waals surface area contributed by atoms with Crippen LogP contribution in [-0.2, 0) is 23.9 Å². The quantitative estimate of drug-likeness (QED) is 0.227. The van der Waals surface area contributed by atoms with Gasteiger partial charge in [0.2, 0.25) is 11.8 Å². The van der Waals surface area contributed by atoms with Crippen LogP contribution in [0, 0.1) is 11.8 Å². The topological polar surface area (TPSA) is 146 Å². The van der Waals surface area contributed by atoms with Crippen LogP contribution in [0.5, 0.6) is 0 Å². The zero-order valence-corrected chi connectivity index (χ0v) is 30.6. The maximum absolute atomic E-state index is 13.6. The number of aromatic amines is 1. The van der Waals surface area contributed by atoms with Crippen LogP contribution < -0.4 is 5.32 Å². The summed E-state index contributed by atoms with van der Waals surface area (Å²) in [5.41, 5.74) is 7.22. The summed E-state index contributed by atoms with van der Waals surface area (Å²) in [7, 11) is 2.64. The van der Waals surface area contributed by atoms with Gasteiger partial charge in [0.15, 0.2) is 0 Å². The minimum Gasteiger partial charge on any atom is -0.469 e. The molecule has 0 spiro atoms. The normalized spacial score (nSPS) is 20.0. The number of piperidine rings is 1. The van der Waals surface area contributed by atoms with E-state index in [-0.39, 0.29) is 42.2 Å². The average Bonchev–Trinajstić information content (AvgIpc) is 3.96. The van der Waals surface area contributed by atoms with Crippen LogP contribution in [0.15, 0.2) is 65.9 Å². The molecule has 3 aromatic rings. The number of hydrogen-bond donors (Lipinski definition) is 2. The van der Waals surface area contributed by atoms with E-state index in [1.807, 2.05) is 31.9 Å². The number of likely N-dealkylation sites (tertiary alicyclic amines) is 2. The van der Waals surface area contributed by atoms with Crippen molar-refractivity contribution in [1.29, 1.82) is 0 Å². The highest BCUT2D eigenvalue weighted by atomic mass is 16.5. The molecule has 0 aliphatic carbocycles. The first-order valence-electron chi connectivity index (χ1n) is 18.1. The Kier molecular flexibility index (Phi) is 11.2. The number of allylic oxidation sites excluding steroid dienone is 1. The zero-order chi connectivity index (χ0) is 36.9. The molecule has 52 heavy (non-hydrogen) atoms. The van der Waals surface area contributed by atoms with E-state index in [0.717, 1.165) is 58.5 Å². The number of carbonyl (C=O) groups is 4. The highest BCUT2D eigenvalue weighted by Gasteiger charge is 2.39. The maximum atomic E-state index is 13.6. The predicted molar refractivity (Wildman–Crippen MR) is 198 cm³/mol. The van der Waals surface area contributed by atoms with E-state index in [2.05, 4.69) is 68.6 Å². The molecule has 2 N–H and O–H groups in total. The highest BCUT2D eigenvalue weighted by molar-refractivity contribution is 6.03. The Hall–Kier alpha value is -5.26. The number of hydrogen-bond acceptors (Lipinski definition) is 8. The smallest absolute Gasteiger partial charge is 0.407 e. The molecule has 0 unspecified atom stereocenters. The summed E-state index contributed by atoms with van der Waals surface area (Å²) < 4.78 is 9.55. The van der Waals surface area contributed by atoms with Gasteiger partial charge in [0, 0.05) is 31.4 Å². The largest absolute Gasteiger partial charge is 0.469 e. The van der Waals surface area contributed by atoms with Gasteiger partial charge in [-0.05, 0) is 66.4 Å². The third-order valence-electron chi connectivity index (χ3n) is 10.6. The van der Waals surface area contributed by atoms with Crippen LogP contribution in [0.25, 0.3) is 28.0 Å². The first-order chi connectivity index (χ1) is 25.1. The first kappa shape index (κ1) is 36.5. The minimum absolute atomic E-state index is 0.00965. The molecular weight excluding hydrogens is 660 g/mol. The molecule has 0 bridgehead atoms. The molecular formula is C40H48N6O6. The standard InChI is InChI=1S/C40H48N6O6/c1-24(2)31(21-36(47)51-4)38(48)46-19-7-9-35(46)33-20-30(22-41-33)28-12-10-26(11-13-28)27-14-16-29(17-15-27)34-23-42-37(43-34)25(3)45-18-6-8-32(39(45)49)44-40(50)52-5/h10-17,22-25,31-32,35H,6-9,18-21H2,1-5H3,(H,42,43)(H,44,50)/t25-,31-,32+,35-/m0/s1. The minimum atomic E-state index is -0.611. The number of alkyl carbamates (subject to hydrolysis) is 1. The lowest BCUT2D eigenvalue weighted by Crippen LogP contribution is -2.52. The number of H-pyrrole nitrogens is 1. The fraction of sp³-hybridized carbons (Fsp3) is 0.450. The highest BCUT2D eigenvalue weighted by Crippen LogP contribution is 2.34. The lowest BCUT2D eigenvalue weighted by Gasteiger charge is -2.35. The molecule has 0 radical (unpaired) electrons. The maximum Gasteiger partial charge on any atom is 0.407 e. The Bertz CT molecular complexity index is 1850. The first-order valence-corrected chi connectivity index (χ1v) is 18.1. The number of nitrogens with zero attached hydrogens (tertiary/aromatic N) is 4. The van der Waals surface area contributed by atoms with Gasteiger partial charge in [-0.3, -0.25) is 19.4 Å². The summed E-state index contributed by atoms with van der Waals surface area (Å²) >= 11 is 0. The van der Waals surface area contributed by atoms with Crippen LogP contribution in [0.2, 0.25) is 0 Å². The second-order valence-corrected chi connectivity index (χ2v) is 14.1. The second kappa shape index (κ2) is 16.0. The molecule has 2 fully saturated rings. The van der Waals surface area contributed by atoms with Gasteiger partial charge in [0.1, 0.15) is 11.9 Å². The third kappa shape index (κ3) is 7.80. The van der Waals surface area contributed by atoms with E-state index in [1.54, 1.807) is 11.1 Å². The summed E-state index contributed by atoms with van der Waals surface area (Å²) in [5, 5.41) is 2.64. The van der Waals surface area contributed by atoms with E-state index >= 15 is 0 Å². The van der Waals surface area contributed by atoms with Crippen molar-refractivity contribution in [2.24, 2.45) is 16.8 Å². The Morgan fingerprint density at radius 1 is 0.904 bits per heavy atom. The molecule has 12 heteroatoms. The Morgan fingerprint density at radius 3 is 2.21 bits per heavy atom. The monoisotopic (exact) mass is 708 g/mol. The Morgan fingerprint density at radius 2 is 1.56 bits per heavy atom. The molecule has 2 saturated heterocycles. The molecule has 274 valence electrons. The van der Waals surface area contributed by atoms with E-state index in [9.17, 15) is 19.2 Å². The molecule has 1 aromatic heterocycles. The Balaban J connectivity index is 1.06. The molecule has 0 saturated carbocycles. The number of nitrogens with one attached hydrogen (secondary N) is 2. The number of imidazole rings is 1. The lowest BCUT2D eigenvalue weighted by atomic mass is 9.90. The molecule has 12 nitrogen and oxygen atoms in total. The molecule has 6 rings (SSSR count). The number of benzene rings is 2. The van der Waals surface area contributed by atoms with Gasteiger partial charge in [-0.25, -0.2) is 9.78 Å². The van der Waals surface area contributed by atoms with Crippen molar-refractivity contribution >= 4 is 35.2 Å². The van der Waals surface area contributed by atoms with E-state index in [1.165, 1.54) is 14.2 Å². The van der Waals surface area contributed by atoms with Crippen LogP contribution in [0.1, 0.15) is 76.7 Å². The van der Waals surface area contributed by atoms with Crippen molar-refractivity contribution in [3.8, 4) is 22.4 Å². The van der Waals surface area contributed by atoms with E-state index in [4.69, 9.17) is 9.73 Å². The average molecular weight is 709 g/mol. The summed E-state index contributed by atoms with van der Waals surface area (Å²) in [5.74, 6) is -0.192. The van der Waals surface area contributed by atoms with Crippen molar-refractivity contribution < 1.29 is 28.7 Å². The van der Waals surface area contributed by atoms with Crippen LogP contribution in [0.4, 0.5) is 4.79 Å². The molecule has 4 atom stereocenters. The Labute approximate surface area is 304 Å². The second-order valence-electron chi connectivity index (χ2n) is 14.1. The molecule has 3 aliphatic rings. The van der Waals surface area contributed by atoms with Crippen molar-refractivity contribution in [2.45, 2.75) is 77.4 Å². The number of aromatic nitrogens is 2. The number of aliphatic imine (C=N–C) groups is 1. The number of carbonyl (C=O) groups excluding carboxylic acids is 4. The number of esters is 1. The van der Waals surface area contributed by atoms with E-state index < -0.39 is 18.1 Å². The van der Waals surface area contributed by atoms with Gasteiger partial charge in [0.05, 0.1) is 50.5 Å². The number of amides is 3. The fourth-order valence-electron chi connectivity index (χ4n) is 7.47. The van der Waals surface area contributed by atoms with Crippen LogP contribution in [-0.4, -0.2) is 88.7 Å². The van der Waals surface area contributed by atoms with Gasteiger partial charge >= 0.3 is 12.1 Å². The SMILES string of the molecule is COC(=O)C[C@H](C(=O)N1CCC[C@H]1C1=NC=C(c2ccc(-c3ccc(-c4cnc([C@H](C)N5CCC[C@@H](NC(=O)OC)C5=O)[nH]4)cc3)cc2)C1)C(C)C. The van der Waals surface area contributed by atoms with Crippen LogP contribution >= 0.6 is 0 Å². The van der Waals surface area contributed by atoms with Gasteiger partial charge in [-0.1, -0.05) is 62.4 Å². The van der Waals surface area contributed by atoms with Crippen LogP contribution in [0.3, 0.4) is 0 Å². The summed E-state index contributed by atoms with van der Waals surface area (Å²) in [4.78, 5) is 66.9. The van der Waals surface area contributed by atoms with Crippen molar-refractivity contribution in [1.82, 2.24) is 25.1 Å². The zero-order valence-electron chi connectivity index (χ0n) is 30.6. The third-order valence-corrected chi connectivity index (χ3v) is 10.6. The number of rotatable bonds is 11. The van der Waals surface area contributed by atoms with Gasteiger partial charge in [0.25, 0.3) is 0 Å². The van der Waals surface area contributed by atoms with Gasteiger partial charge in [-0.2, -0.15) is 0 Å². The molecule has 3 aliphatic heterocycles. The molecule has 2 aromatic carbocycles. The number of ether oxygens (including phenoxy) is 2. The summed E-state index contributed by atoms with van der Waals surface area (Å²) in [6, 6.07) is 15.8. The lowest BCUT2D eigenvalue weighted by molar-refractivity contribution is -0.148. The van der Waals surface area contributed by atoms with Crippen molar-refractivity contribution in [3.63, 3.8) is 0 Å². The van der Waals surface area contributed by atoms with Gasteiger partial charge in [-0.15, -0.1) is 0 Å². The van der Waals surface area contributed by atoms with Crippen molar-refractivity contribution in [2.75, 3.05) is 27.3 Å². The molecule has 3 amide bonds.